The van der Waals surface area contributed by atoms with Gasteiger partial charge in [0.2, 0.25) is 0 Å². The van der Waals surface area contributed by atoms with Crippen LogP contribution in [0.15, 0.2) is 42.5 Å². The fourth-order valence-corrected chi connectivity index (χ4v) is 2.43. The second-order valence-electron chi connectivity index (χ2n) is 5.72. The number of rotatable bonds is 6. The number of hydrazine groups is 1. The van der Waals surface area contributed by atoms with E-state index in [0.29, 0.717) is 6.04 Å². The second kappa shape index (κ2) is 6.69. The molecule has 0 spiro atoms. The van der Waals surface area contributed by atoms with E-state index < -0.39 is 0 Å². The summed E-state index contributed by atoms with van der Waals surface area (Å²) in [7, 11) is 0. The summed E-state index contributed by atoms with van der Waals surface area (Å²) in [4.78, 5) is 0. The zero-order valence-electron chi connectivity index (χ0n) is 11.9. The van der Waals surface area contributed by atoms with Gasteiger partial charge in [-0.05, 0) is 41.5 Å². The smallest absolute Gasteiger partial charge is 0.0251 e. The van der Waals surface area contributed by atoms with Crippen molar-refractivity contribution in [3.63, 3.8) is 0 Å². The van der Waals surface area contributed by atoms with Gasteiger partial charge in [0.15, 0.2) is 0 Å². The summed E-state index contributed by atoms with van der Waals surface area (Å²) < 4.78 is 0. The Hall–Kier alpha value is -1.38. The van der Waals surface area contributed by atoms with Crippen LogP contribution in [-0.4, -0.2) is 6.04 Å². The van der Waals surface area contributed by atoms with Gasteiger partial charge in [-0.15, -0.1) is 0 Å². The molecule has 0 aliphatic carbocycles. The Bertz CT molecular complexity index is 519. The van der Waals surface area contributed by atoms with Gasteiger partial charge in [-0.1, -0.05) is 56.3 Å². The molecule has 0 aliphatic rings. The molecule has 2 rings (SSSR count). The van der Waals surface area contributed by atoms with Crippen molar-refractivity contribution in [3.05, 3.63) is 48.0 Å². The lowest BCUT2D eigenvalue weighted by atomic mass is 9.97. The summed E-state index contributed by atoms with van der Waals surface area (Å²) >= 11 is 0. The first kappa shape index (κ1) is 14.0. The molecule has 0 heterocycles. The zero-order valence-corrected chi connectivity index (χ0v) is 11.9. The predicted octanol–water partition coefficient (Wildman–Crippen LogP) is 3.65. The quantitative estimate of drug-likeness (QED) is 0.611. The summed E-state index contributed by atoms with van der Waals surface area (Å²) in [5.74, 6) is 6.40. The molecule has 0 amide bonds. The van der Waals surface area contributed by atoms with Crippen LogP contribution in [0.3, 0.4) is 0 Å². The van der Waals surface area contributed by atoms with Crippen molar-refractivity contribution in [2.24, 2.45) is 11.8 Å². The Morgan fingerprint density at radius 2 is 1.74 bits per heavy atom. The van der Waals surface area contributed by atoms with Gasteiger partial charge in [-0.2, -0.15) is 0 Å². The first-order valence-electron chi connectivity index (χ1n) is 7.13. The van der Waals surface area contributed by atoms with E-state index in [9.17, 15) is 0 Å². The van der Waals surface area contributed by atoms with Crippen LogP contribution in [0.1, 0.15) is 32.3 Å². The van der Waals surface area contributed by atoms with Crippen LogP contribution in [0.25, 0.3) is 10.8 Å². The minimum atomic E-state index is 0.364. The molecule has 1 unspecified atom stereocenters. The molecule has 102 valence electrons. The highest BCUT2D eigenvalue weighted by Crippen LogP contribution is 2.18. The van der Waals surface area contributed by atoms with Gasteiger partial charge >= 0.3 is 0 Å². The molecule has 19 heavy (non-hydrogen) atoms. The molecule has 0 aliphatic heterocycles. The lowest BCUT2D eigenvalue weighted by Gasteiger charge is -2.17. The third-order valence-corrected chi connectivity index (χ3v) is 3.62. The summed E-state index contributed by atoms with van der Waals surface area (Å²) in [6.45, 7) is 4.51. The summed E-state index contributed by atoms with van der Waals surface area (Å²) in [6.07, 6.45) is 3.33. The Morgan fingerprint density at radius 1 is 1.00 bits per heavy atom. The van der Waals surface area contributed by atoms with Crippen molar-refractivity contribution in [2.75, 3.05) is 0 Å². The lowest BCUT2D eigenvalue weighted by molar-refractivity contribution is 0.434. The molecule has 0 radical (unpaired) electrons. The average Bonchev–Trinajstić information content (AvgIpc) is 2.43. The largest absolute Gasteiger partial charge is 0.271 e. The van der Waals surface area contributed by atoms with Crippen molar-refractivity contribution >= 4 is 10.8 Å². The van der Waals surface area contributed by atoms with Gasteiger partial charge < -0.3 is 0 Å². The van der Waals surface area contributed by atoms with Crippen LogP contribution >= 0.6 is 0 Å². The fourth-order valence-electron chi connectivity index (χ4n) is 2.43. The third kappa shape index (κ3) is 4.05. The zero-order chi connectivity index (χ0) is 13.7. The Kier molecular flexibility index (Phi) is 4.94. The van der Waals surface area contributed by atoms with Crippen molar-refractivity contribution in [3.8, 4) is 0 Å². The molecule has 0 saturated carbocycles. The van der Waals surface area contributed by atoms with Crippen LogP contribution < -0.4 is 11.3 Å². The van der Waals surface area contributed by atoms with Crippen LogP contribution in [0.2, 0.25) is 0 Å². The van der Waals surface area contributed by atoms with Gasteiger partial charge in [-0.25, -0.2) is 0 Å². The van der Waals surface area contributed by atoms with Crippen molar-refractivity contribution in [2.45, 2.75) is 39.2 Å². The molecule has 1 atom stereocenters. The topological polar surface area (TPSA) is 38.0 Å². The van der Waals surface area contributed by atoms with E-state index in [0.717, 1.165) is 18.8 Å². The lowest BCUT2D eigenvalue weighted by Crippen LogP contribution is -2.36. The molecule has 0 bridgehead atoms. The standard InChI is InChI=1S/C17H24N2/c1-13(2)7-10-17(19-18)12-14-8-9-15-5-3-4-6-16(15)11-14/h3-6,8-9,11,13,17,19H,7,10,12,18H2,1-2H3. The van der Waals surface area contributed by atoms with Gasteiger partial charge in [-0.3, -0.25) is 11.3 Å². The molecule has 0 fully saturated rings. The number of hydrogen-bond donors (Lipinski definition) is 2. The molecular weight excluding hydrogens is 232 g/mol. The van der Waals surface area contributed by atoms with E-state index in [1.165, 1.54) is 22.8 Å². The molecule has 2 heteroatoms. The van der Waals surface area contributed by atoms with E-state index >= 15 is 0 Å². The van der Waals surface area contributed by atoms with Crippen molar-refractivity contribution in [1.29, 1.82) is 0 Å². The first-order valence-corrected chi connectivity index (χ1v) is 7.13. The highest BCUT2D eigenvalue weighted by atomic mass is 15.2. The molecule has 2 nitrogen and oxygen atoms in total. The number of benzene rings is 2. The highest BCUT2D eigenvalue weighted by Gasteiger charge is 2.09. The predicted molar refractivity (Wildman–Crippen MR) is 82.8 cm³/mol. The Balaban J connectivity index is 2.06. The van der Waals surface area contributed by atoms with E-state index in [1.807, 2.05) is 0 Å². The molecule has 2 aromatic carbocycles. The SMILES string of the molecule is CC(C)CCC(Cc1ccc2ccccc2c1)NN. The monoisotopic (exact) mass is 256 g/mol. The number of hydrogen-bond acceptors (Lipinski definition) is 2. The van der Waals surface area contributed by atoms with E-state index in [1.54, 1.807) is 0 Å². The minimum Gasteiger partial charge on any atom is -0.271 e. The highest BCUT2D eigenvalue weighted by molar-refractivity contribution is 5.82. The van der Waals surface area contributed by atoms with Crippen LogP contribution in [0.4, 0.5) is 0 Å². The first-order chi connectivity index (χ1) is 9.19. The Morgan fingerprint density at radius 3 is 2.42 bits per heavy atom. The molecule has 2 aromatic rings. The Labute approximate surface area is 116 Å². The fraction of sp³-hybridized carbons (Fsp3) is 0.412. The average molecular weight is 256 g/mol. The van der Waals surface area contributed by atoms with E-state index in [2.05, 4.69) is 61.7 Å². The summed E-state index contributed by atoms with van der Waals surface area (Å²) in [5, 5.41) is 2.60. The third-order valence-electron chi connectivity index (χ3n) is 3.62. The van der Waals surface area contributed by atoms with E-state index in [-0.39, 0.29) is 0 Å². The maximum atomic E-state index is 5.67. The van der Waals surface area contributed by atoms with E-state index in [4.69, 9.17) is 5.84 Å². The normalized spacial score (nSPS) is 13.1. The van der Waals surface area contributed by atoms with Crippen LogP contribution in [0, 0.1) is 5.92 Å². The summed E-state index contributed by atoms with van der Waals surface area (Å²) in [5.41, 5.74) is 4.31. The maximum absolute atomic E-state index is 5.67. The van der Waals surface area contributed by atoms with Crippen LogP contribution in [-0.2, 0) is 6.42 Å². The molecule has 0 saturated heterocycles. The van der Waals surface area contributed by atoms with Gasteiger partial charge in [0, 0.05) is 6.04 Å². The van der Waals surface area contributed by atoms with Gasteiger partial charge in [0.1, 0.15) is 0 Å². The number of nitrogens with one attached hydrogen (secondary N) is 1. The van der Waals surface area contributed by atoms with Crippen molar-refractivity contribution < 1.29 is 0 Å². The number of fused-ring (bicyclic) bond motifs is 1. The molecule has 3 N–H and O–H groups in total. The van der Waals surface area contributed by atoms with Gasteiger partial charge in [0.05, 0.1) is 0 Å². The van der Waals surface area contributed by atoms with Crippen LogP contribution in [0.5, 0.6) is 0 Å². The summed E-state index contributed by atoms with van der Waals surface area (Å²) in [6, 6.07) is 15.5. The second-order valence-corrected chi connectivity index (χ2v) is 5.72. The minimum absolute atomic E-state index is 0.364. The molecule has 0 aromatic heterocycles. The van der Waals surface area contributed by atoms with Crippen molar-refractivity contribution in [1.82, 2.24) is 5.43 Å². The maximum Gasteiger partial charge on any atom is 0.0251 e. The number of nitrogens with two attached hydrogens (primary N) is 1. The van der Waals surface area contributed by atoms with Gasteiger partial charge in [0.25, 0.3) is 0 Å². The molecular formula is C17H24N2.